The van der Waals surface area contributed by atoms with Crippen LogP contribution in [-0.2, 0) is 22.4 Å². The van der Waals surface area contributed by atoms with Gasteiger partial charge in [0.25, 0.3) is 5.56 Å². The fourth-order valence-electron chi connectivity index (χ4n) is 2.83. The van der Waals surface area contributed by atoms with E-state index in [2.05, 4.69) is 20.6 Å². The van der Waals surface area contributed by atoms with Crippen LogP contribution in [0.1, 0.15) is 16.8 Å². The lowest BCUT2D eigenvalue weighted by Gasteiger charge is -2.07. The Bertz CT molecular complexity index is 1080. The molecule has 0 aliphatic heterocycles. The molecule has 31 heavy (non-hydrogen) atoms. The number of thioether (sulfide) groups is 1. The fraction of sp³-hybridized carbons (Fsp3) is 0.217. The Balaban J connectivity index is 1.48. The zero-order chi connectivity index (χ0) is 22.1. The Morgan fingerprint density at radius 1 is 1.03 bits per heavy atom. The number of H-pyrrole nitrogens is 1. The summed E-state index contributed by atoms with van der Waals surface area (Å²) in [6.07, 6.45) is 0.731. The van der Waals surface area contributed by atoms with E-state index in [1.165, 1.54) is 6.07 Å². The highest BCUT2D eigenvalue weighted by atomic mass is 32.2. The maximum absolute atomic E-state index is 12.2. The van der Waals surface area contributed by atoms with Gasteiger partial charge in [0.1, 0.15) is 0 Å². The second kappa shape index (κ2) is 11.1. The van der Waals surface area contributed by atoms with Crippen molar-refractivity contribution in [3.05, 3.63) is 87.8 Å². The van der Waals surface area contributed by atoms with Crippen LogP contribution in [0.5, 0.6) is 0 Å². The molecule has 0 radical (unpaired) electrons. The van der Waals surface area contributed by atoms with Gasteiger partial charge in [0.2, 0.25) is 11.8 Å². The molecule has 2 aromatic carbocycles. The number of aromatic amines is 1. The van der Waals surface area contributed by atoms with Crippen molar-refractivity contribution in [2.24, 2.45) is 0 Å². The number of rotatable bonds is 9. The van der Waals surface area contributed by atoms with Gasteiger partial charge in [-0.25, -0.2) is 4.98 Å². The number of amides is 2. The largest absolute Gasteiger partial charge is 0.355 e. The Morgan fingerprint density at radius 2 is 1.77 bits per heavy atom. The van der Waals surface area contributed by atoms with Gasteiger partial charge in [-0.15, -0.1) is 0 Å². The molecular formula is C23H24N4O3S. The van der Waals surface area contributed by atoms with Crippen molar-refractivity contribution in [3.63, 3.8) is 0 Å². The standard InChI is InChI=1S/C23H24N4O3S/c1-16-7-9-18(10-8-16)25-22(30)15-31-23-26-19(14-21(29)27-23)13-20(28)24-12-11-17-5-3-2-4-6-17/h2-10,14H,11-13,15H2,1H3,(H,24,28)(H,25,30)(H,26,27,29). The Hall–Kier alpha value is -3.39. The predicted molar refractivity (Wildman–Crippen MR) is 122 cm³/mol. The van der Waals surface area contributed by atoms with E-state index in [-0.39, 0.29) is 29.5 Å². The number of anilines is 1. The molecule has 7 nitrogen and oxygen atoms in total. The highest BCUT2D eigenvalue weighted by Gasteiger charge is 2.10. The number of aromatic nitrogens is 2. The van der Waals surface area contributed by atoms with Crippen LogP contribution < -0.4 is 16.2 Å². The first-order valence-corrected chi connectivity index (χ1v) is 10.9. The lowest BCUT2D eigenvalue weighted by molar-refractivity contribution is -0.120. The van der Waals surface area contributed by atoms with E-state index < -0.39 is 0 Å². The summed E-state index contributed by atoms with van der Waals surface area (Å²) in [5.41, 5.74) is 2.96. The number of benzene rings is 2. The van der Waals surface area contributed by atoms with Gasteiger partial charge in [0.15, 0.2) is 5.16 Å². The van der Waals surface area contributed by atoms with E-state index in [0.717, 1.165) is 29.3 Å². The van der Waals surface area contributed by atoms with Gasteiger partial charge in [0, 0.05) is 18.3 Å². The van der Waals surface area contributed by atoms with E-state index in [1.54, 1.807) is 0 Å². The molecule has 1 heterocycles. The summed E-state index contributed by atoms with van der Waals surface area (Å²) < 4.78 is 0. The van der Waals surface area contributed by atoms with Crippen molar-refractivity contribution in [2.75, 3.05) is 17.6 Å². The summed E-state index contributed by atoms with van der Waals surface area (Å²) in [6, 6.07) is 18.6. The molecule has 3 rings (SSSR count). The molecule has 0 saturated carbocycles. The fourth-order valence-corrected chi connectivity index (χ4v) is 3.52. The molecule has 0 atom stereocenters. The topological polar surface area (TPSA) is 104 Å². The summed E-state index contributed by atoms with van der Waals surface area (Å²) in [7, 11) is 0. The Morgan fingerprint density at radius 3 is 2.52 bits per heavy atom. The molecule has 0 unspecified atom stereocenters. The molecule has 0 saturated heterocycles. The second-order valence-electron chi connectivity index (χ2n) is 7.01. The van der Waals surface area contributed by atoms with Gasteiger partial charge >= 0.3 is 0 Å². The van der Waals surface area contributed by atoms with E-state index in [1.807, 2.05) is 61.5 Å². The third kappa shape index (κ3) is 7.75. The van der Waals surface area contributed by atoms with Gasteiger partial charge < -0.3 is 15.6 Å². The maximum atomic E-state index is 12.2. The highest BCUT2D eigenvalue weighted by molar-refractivity contribution is 7.99. The first-order chi connectivity index (χ1) is 15.0. The van der Waals surface area contributed by atoms with Gasteiger partial charge in [-0.05, 0) is 31.0 Å². The lowest BCUT2D eigenvalue weighted by atomic mass is 10.1. The number of aryl methyl sites for hydroxylation is 1. The molecule has 3 aromatic rings. The van der Waals surface area contributed by atoms with Crippen molar-refractivity contribution in [1.29, 1.82) is 0 Å². The number of carbonyl (C=O) groups is 2. The van der Waals surface area contributed by atoms with Gasteiger partial charge in [0.05, 0.1) is 17.9 Å². The monoisotopic (exact) mass is 436 g/mol. The van der Waals surface area contributed by atoms with Crippen molar-refractivity contribution in [2.45, 2.75) is 24.9 Å². The first kappa shape index (κ1) is 22.3. The molecule has 0 aliphatic rings. The summed E-state index contributed by atoms with van der Waals surface area (Å²) in [4.78, 5) is 43.1. The highest BCUT2D eigenvalue weighted by Crippen LogP contribution is 2.14. The van der Waals surface area contributed by atoms with Gasteiger partial charge in [-0.2, -0.15) is 0 Å². The average Bonchev–Trinajstić information content (AvgIpc) is 2.74. The number of carbonyl (C=O) groups excluding carboxylic acids is 2. The van der Waals surface area contributed by atoms with E-state index >= 15 is 0 Å². The van der Waals surface area contributed by atoms with Crippen LogP contribution in [-0.4, -0.2) is 34.1 Å². The van der Waals surface area contributed by atoms with Crippen LogP contribution in [0.2, 0.25) is 0 Å². The van der Waals surface area contributed by atoms with Crippen LogP contribution in [0.4, 0.5) is 5.69 Å². The minimum atomic E-state index is -0.358. The number of hydrogen-bond donors (Lipinski definition) is 3. The average molecular weight is 437 g/mol. The molecule has 0 bridgehead atoms. The van der Waals surface area contributed by atoms with Crippen LogP contribution in [0.25, 0.3) is 0 Å². The minimum Gasteiger partial charge on any atom is -0.355 e. The minimum absolute atomic E-state index is 0.00182. The quantitative estimate of drug-likeness (QED) is 0.353. The molecule has 2 amide bonds. The number of hydrogen-bond acceptors (Lipinski definition) is 5. The molecule has 3 N–H and O–H groups in total. The van der Waals surface area contributed by atoms with Crippen molar-refractivity contribution in [1.82, 2.24) is 15.3 Å². The summed E-state index contributed by atoms with van der Waals surface area (Å²) in [5.74, 6) is -0.327. The van der Waals surface area contributed by atoms with Crippen LogP contribution >= 0.6 is 11.8 Å². The third-order valence-corrected chi connectivity index (χ3v) is 5.24. The Kier molecular flexibility index (Phi) is 8.00. The number of nitrogens with zero attached hydrogens (tertiary/aromatic N) is 1. The molecule has 0 spiro atoms. The normalized spacial score (nSPS) is 10.5. The Labute approximate surface area is 184 Å². The van der Waals surface area contributed by atoms with Gasteiger partial charge in [-0.1, -0.05) is 59.8 Å². The zero-order valence-electron chi connectivity index (χ0n) is 17.2. The second-order valence-corrected chi connectivity index (χ2v) is 7.97. The maximum Gasteiger partial charge on any atom is 0.251 e. The molecular weight excluding hydrogens is 412 g/mol. The first-order valence-electron chi connectivity index (χ1n) is 9.88. The van der Waals surface area contributed by atoms with Gasteiger partial charge in [-0.3, -0.25) is 14.4 Å². The predicted octanol–water partition coefficient (Wildman–Crippen LogP) is 2.71. The van der Waals surface area contributed by atoms with E-state index in [4.69, 9.17) is 0 Å². The molecule has 0 fully saturated rings. The molecule has 160 valence electrons. The molecule has 1 aromatic heterocycles. The smallest absolute Gasteiger partial charge is 0.251 e. The number of nitrogens with one attached hydrogen (secondary N) is 3. The van der Waals surface area contributed by atoms with Crippen LogP contribution in [0.15, 0.2) is 70.6 Å². The van der Waals surface area contributed by atoms with Crippen molar-refractivity contribution >= 4 is 29.3 Å². The zero-order valence-corrected chi connectivity index (χ0v) is 18.0. The van der Waals surface area contributed by atoms with Crippen LogP contribution in [0, 0.1) is 6.92 Å². The van der Waals surface area contributed by atoms with Crippen molar-refractivity contribution in [3.8, 4) is 0 Å². The van der Waals surface area contributed by atoms with Crippen LogP contribution in [0.3, 0.4) is 0 Å². The summed E-state index contributed by atoms with van der Waals surface area (Å²) >= 11 is 1.11. The van der Waals surface area contributed by atoms with Crippen molar-refractivity contribution < 1.29 is 9.59 Å². The summed E-state index contributed by atoms with van der Waals surface area (Å²) in [5, 5.41) is 5.94. The van der Waals surface area contributed by atoms with E-state index in [0.29, 0.717) is 23.1 Å². The van der Waals surface area contributed by atoms with E-state index in [9.17, 15) is 14.4 Å². The molecule has 8 heteroatoms. The third-order valence-electron chi connectivity index (χ3n) is 4.37. The molecule has 0 aliphatic carbocycles. The SMILES string of the molecule is Cc1ccc(NC(=O)CSc2nc(CC(=O)NCCc3ccccc3)cc(=O)[nH]2)cc1. The lowest BCUT2D eigenvalue weighted by Crippen LogP contribution is -2.28. The summed E-state index contributed by atoms with van der Waals surface area (Å²) in [6.45, 7) is 2.48.